The maximum Gasteiger partial charge on any atom is 0.133 e. The highest BCUT2D eigenvalue weighted by molar-refractivity contribution is 6.17. The van der Waals surface area contributed by atoms with E-state index in [4.69, 9.17) is 16.3 Å². The second-order valence-electron chi connectivity index (χ2n) is 3.45. The predicted molar refractivity (Wildman–Crippen MR) is 62.4 cm³/mol. The maximum atomic E-state index is 13.0. The third kappa shape index (κ3) is 2.94. The van der Waals surface area contributed by atoms with Gasteiger partial charge in [0.05, 0.1) is 5.88 Å². The highest BCUT2D eigenvalue weighted by Gasteiger charge is 2.06. The summed E-state index contributed by atoms with van der Waals surface area (Å²) in [7, 11) is 0. The molecule has 0 radical (unpaired) electrons. The molecule has 0 saturated carbocycles. The van der Waals surface area contributed by atoms with E-state index in [0.717, 1.165) is 23.8 Å². The zero-order valence-electron chi connectivity index (χ0n) is 8.79. The standard InChI is InChI=1S/C13H9ClF2O/c14-8-9-3-1-2-4-13(9)17-12-6-10(15)5-11(16)7-12/h1-7H,8H2. The molecule has 2 aromatic carbocycles. The second kappa shape index (κ2) is 5.15. The Morgan fingerprint density at radius 2 is 1.65 bits per heavy atom. The van der Waals surface area contributed by atoms with Gasteiger partial charge in [0.15, 0.2) is 0 Å². The lowest BCUT2D eigenvalue weighted by atomic mass is 10.2. The number of halogens is 3. The van der Waals surface area contributed by atoms with Crippen molar-refractivity contribution in [2.45, 2.75) is 5.88 Å². The van der Waals surface area contributed by atoms with E-state index in [1.165, 1.54) is 0 Å². The first-order valence-corrected chi connectivity index (χ1v) is 5.50. The van der Waals surface area contributed by atoms with Gasteiger partial charge in [-0.15, -0.1) is 11.6 Å². The van der Waals surface area contributed by atoms with Gasteiger partial charge in [0, 0.05) is 23.8 Å². The van der Waals surface area contributed by atoms with Crippen molar-refractivity contribution in [1.82, 2.24) is 0 Å². The lowest BCUT2D eigenvalue weighted by Gasteiger charge is -2.09. The van der Waals surface area contributed by atoms with Crippen molar-refractivity contribution in [3.63, 3.8) is 0 Å². The molecule has 17 heavy (non-hydrogen) atoms. The molecule has 0 saturated heterocycles. The van der Waals surface area contributed by atoms with Crippen LogP contribution in [0.4, 0.5) is 8.78 Å². The van der Waals surface area contributed by atoms with Gasteiger partial charge in [-0.05, 0) is 6.07 Å². The quantitative estimate of drug-likeness (QED) is 0.733. The average molecular weight is 255 g/mol. The average Bonchev–Trinajstić information content (AvgIpc) is 2.28. The highest BCUT2D eigenvalue weighted by Crippen LogP contribution is 2.27. The fraction of sp³-hybridized carbons (Fsp3) is 0.0769. The van der Waals surface area contributed by atoms with Gasteiger partial charge in [-0.3, -0.25) is 0 Å². The van der Waals surface area contributed by atoms with Crippen LogP contribution in [0.5, 0.6) is 11.5 Å². The Morgan fingerprint density at radius 3 is 2.29 bits per heavy atom. The number of rotatable bonds is 3. The summed E-state index contributed by atoms with van der Waals surface area (Å²) in [6.07, 6.45) is 0. The number of hydrogen-bond acceptors (Lipinski definition) is 1. The molecule has 0 N–H and O–H groups in total. The third-order valence-corrected chi connectivity index (χ3v) is 2.47. The summed E-state index contributed by atoms with van der Waals surface area (Å²) in [4.78, 5) is 0. The Bertz CT molecular complexity index is 508. The van der Waals surface area contributed by atoms with E-state index in [0.29, 0.717) is 5.75 Å². The van der Waals surface area contributed by atoms with Gasteiger partial charge >= 0.3 is 0 Å². The summed E-state index contributed by atoms with van der Waals surface area (Å²) in [5.74, 6) is -0.479. The Kier molecular flexibility index (Phi) is 3.59. The highest BCUT2D eigenvalue weighted by atomic mass is 35.5. The van der Waals surface area contributed by atoms with Gasteiger partial charge in [0.25, 0.3) is 0 Å². The van der Waals surface area contributed by atoms with Crippen LogP contribution in [0.1, 0.15) is 5.56 Å². The minimum atomic E-state index is -0.677. The summed E-state index contributed by atoms with van der Waals surface area (Å²) >= 11 is 5.73. The van der Waals surface area contributed by atoms with Crippen molar-refractivity contribution >= 4 is 11.6 Å². The lowest BCUT2D eigenvalue weighted by Crippen LogP contribution is -1.91. The molecule has 2 rings (SSSR count). The van der Waals surface area contributed by atoms with Crippen molar-refractivity contribution in [3.8, 4) is 11.5 Å². The molecule has 88 valence electrons. The molecule has 2 aromatic rings. The minimum Gasteiger partial charge on any atom is -0.457 e. The monoisotopic (exact) mass is 254 g/mol. The number of alkyl halides is 1. The van der Waals surface area contributed by atoms with Gasteiger partial charge in [-0.2, -0.15) is 0 Å². The first-order chi connectivity index (χ1) is 8.19. The van der Waals surface area contributed by atoms with Crippen molar-refractivity contribution < 1.29 is 13.5 Å². The van der Waals surface area contributed by atoms with Crippen molar-refractivity contribution in [2.75, 3.05) is 0 Å². The fourth-order valence-electron chi connectivity index (χ4n) is 1.43. The second-order valence-corrected chi connectivity index (χ2v) is 3.72. The Morgan fingerprint density at radius 1 is 1.00 bits per heavy atom. The van der Waals surface area contributed by atoms with Crippen LogP contribution in [0.15, 0.2) is 42.5 Å². The van der Waals surface area contributed by atoms with E-state index in [9.17, 15) is 8.78 Å². The van der Waals surface area contributed by atoms with Crippen LogP contribution in [0.25, 0.3) is 0 Å². The maximum absolute atomic E-state index is 13.0. The fourth-order valence-corrected chi connectivity index (χ4v) is 1.65. The van der Waals surface area contributed by atoms with Crippen LogP contribution < -0.4 is 4.74 Å². The Balaban J connectivity index is 2.31. The molecule has 0 heterocycles. The summed E-state index contributed by atoms with van der Waals surface area (Å²) in [6, 6.07) is 10.1. The lowest BCUT2D eigenvalue weighted by molar-refractivity contribution is 0.464. The molecule has 0 amide bonds. The molecule has 0 unspecified atom stereocenters. The topological polar surface area (TPSA) is 9.23 Å². The van der Waals surface area contributed by atoms with Gasteiger partial charge in [0.2, 0.25) is 0 Å². The van der Waals surface area contributed by atoms with Crippen molar-refractivity contribution in [2.24, 2.45) is 0 Å². The molecule has 0 spiro atoms. The van der Waals surface area contributed by atoms with E-state index in [1.54, 1.807) is 18.2 Å². The molecule has 0 aliphatic rings. The molecular formula is C13H9ClF2O. The van der Waals surface area contributed by atoms with Crippen LogP contribution in [-0.2, 0) is 5.88 Å². The summed E-state index contributed by atoms with van der Waals surface area (Å²) in [5.41, 5.74) is 0.763. The van der Waals surface area contributed by atoms with Crippen LogP contribution in [-0.4, -0.2) is 0 Å². The molecule has 1 nitrogen and oxygen atoms in total. The third-order valence-electron chi connectivity index (χ3n) is 2.18. The number of ether oxygens (including phenoxy) is 1. The molecule has 0 aromatic heterocycles. The van der Waals surface area contributed by atoms with Crippen LogP contribution in [0.3, 0.4) is 0 Å². The SMILES string of the molecule is Fc1cc(F)cc(Oc2ccccc2CCl)c1. The number of benzene rings is 2. The molecule has 0 atom stereocenters. The van der Waals surface area contributed by atoms with Gasteiger partial charge in [0.1, 0.15) is 23.1 Å². The molecule has 4 heteroatoms. The normalized spacial score (nSPS) is 10.3. The first kappa shape index (κ1) is 11.9. The zero-order valence-corrected chi connectivity index (χ0v) is 9.55. The van der Waals surface area contributed by atoms with E-state index >= 15 is 0 Å². The minimum absolute atomic E-state index is 0.111. The molecule has 0 fully saturated rings. The summed E-state index contributed by atoms with van der Waals surface area (Å²) in [5, 5.41) is 0. The number of hydrogen-bond donors (Lipinski definition) is 0. The van der Waals surface area contributed by atoms with E-state index in [-0.39, 0.29) is 11.6 Å². The van der Waals surface area contributed by atoms with Crippen molar-refractivity contribution in [1.29, 1.82) is 0 Å². The van der Waals surface area contributed by atoms with Crippen LogP contribution in [0.2, 0.25) is 0 Å². The Hall–Kier alpha value is -1.61. The van der Waals surface area contributed by atoms with E-state index in [1.807, 2.05) is 6.07 Å². The summed E-state index contributed by atoms with van der Waals surface area (Å²) in [6.45, 7) is 0. The van der Waals surface area contributed by atoms with Crippen LogP contribution in [0, 0.1) is 11.6 Å². The molecule has 0 bridgehead atoms. The van der Waals surface area contributed by atoms with Gasteiger partial charge in [-0.25, -0.2) is 8.78 Å². The zero-order chi connectivity index (χ0) is 12.3. The smallest absolute Gasteiger partial charge is 0.133 e. The molecule has 0 aliphatic carbocycles. The summed E-state index contributed by atoms with van der Waals surface area (Å²) < 4.78 is 31.3. The van der Waals surface area contributed by atoms with Gasteiger partial charge in [-0.1, -0.05) is 18.2 Å². The van der Waals surface area contributed by atoms with E-state index < -0.39 is 11.6 Å². The Labute approximate surface area is 103 Å². The largest absolute Gasteiger partial charge is 0.457 e. The van der Waals surface area contributed by atoms with Crippen molar-refractivity contribution in [3.05, 3.63) is 59.7 Å². The number of para-hydroxylation sites is 1. The molecular weight excluding hydrogens is 246 g/mol. The van der Waals surface area contributed by atoms with E-state index in [2.05, 4.69) is 0 Å². The van der Waals surface area contributed by atoms with Gasteiger partial charge < -0.3 is 4.74 Å². The van der Waals surface area contributed by atoms with Crippen LogP contribution >= 0.6 is 11.6 Å². The predicted octanol–water partition coefficient (Wildman–Crippen LogP) is 4.50. The molecule has 0 aliphatic heterocycles. The first-order valence-electron chi connectivity index (χ1n) is 4.97.